The maximum Gasteiger partial charge on any atom is 0.216 e. The molecule has 0 aliphatic heterocycles. The Morgan fingerprint density at radius 1 is 1.00 bits per heavy atom. The van der Waals surface area contributed by atoms with E-state index in [1.165, 1.54) is 48.1 Å². The summed E-state index contributed by atoms with van der Waals surface area (Å²) in [5, 5.41) is 0. The van der Waals surface area contributed by atoms with Crippen molar-refractivity contribution in [3.8, 4) is 11.3 Å². The van der Waals surface area contributed by atoms with E-state index in [2.05, 4.69) is 55.9 Å². The number of benzene rings is 1. The van der Waals surface area contributed by atoms with E-state index < -0.39 is 0 Å². The molecule has 1 aliphatic rings. The Hall–Kier alpha value is -1.63. The summed E-state index contributed by atoms with van der Waals surface area (Å²) in [6, 6.07) is 9.11. The Labute approximate surface area is 115 Å². The number of aryl methyl sites for hydroxylation is 4. The summed E-state index contributed by atoms with van der Waals surface area (Å²) in [6.07, 6.45) is 7.36. The first-order valence-corrected chi connectivity index (χ1v) is 7.25. The van der Waals surface area contributed by atoms with Gasteiger partial charge in [-0.05, 0) is 56.7 Å². The Kier molecular flexibility index (Phi) is 3.14. The molecule has 19 heavy (non-hydrogen) atoms. The predicted molar refractivity (Wildman–Crippen MR) is 79.2 cm³/mol. The van der Waals surface area contributed by atoms with Gasteiger partial charge in [-0.15, -0.1) is 0 Å². The third-order valence-corrected chi connectivity index (χ3v) is 4.29. The minimum Gasteiger partial charge on any atom is -0.201 e. The first kappa shape index (κ1) is 12.4. The number of hydrogen-bond donors (Lipinski definition) is 0. The van der Waals surface area contributed by atoms with E-state index in [1.54, 1.807) is 11.1 Å². The molecule has 98 valence electrons. The molecule has 0 amide bonds. The van der Waals surface area contributed by atoms with Crippen LogP contribution in [0.4, 0.5) is 0 Å². The molecule has 0 saturated carbocycles. The minimum atomic E-state index is 1.23. The first-order chi connectivity index (χ1) is 9.16. The summed E-state index contributed by atoms with van der Waals surface area (Å²) in [4.78, 5) is 0. The van der Waals surface area contributed by atoms with Crippen LogP contribution in [0.5, 0.6) is 0 Å². The van der Waals surface area contributed by atoms with Gasteiger partial charge in [-0.2, -0.15) is 0 Å². The van der Waals surface area contributed by atoms with Gasteiger partial charge < -0.3 is 0 Å². The molecule has 1 heterocycles. The molecule has 0 spiro atoms. The van der Waals surface area contributed by atoms with Gasteiger partial charge in [0.15, 0.2) is 6.20 Å². The van der Waals surface area contributed by atoms with Crippen LogP contribution >= 0.6 is 0 Å². The lowest BCUT2D eigenvalue weighted by atomic mass is 9.87. The third kappa shape index (κ3) is 2.18. The Bertz CT molecular complexity index is 626. The van der Waals surface area contributed by atoms with E-state index in [9.17, 15) is 0 Å². The highest BCUT2D eigenvalue weighted by Crippen LogP contribution is 2.30. The molecule has 0 bridgehead atoms. The van der Waals surface area contributed by atoms with Crippen molar-refractivity contribution in [1.29, 1.82) is 0 Å². The summed E-state index contributed by atoms with van der Waals surface area (Å²) in [7, 11) is 2.17. The largest absolute Gasteiger partial charge is 0.216 e. The number of aromatic nitrogens is 1. The van der Waals surface area contributed by atoms with Gasteiger partial charge in [0.2, 0.25) is 5.69 Å². The molecular weight excluding hydrogens is 230 g/mol. The van der Waals surface area contributed by atoms with E-state index in [0.29, 0.717) is 0 Å². The molecule has 0 fully saturated rings. The van der Waals surface area contributed by atoms with Crippen molar-refractivity contribution in [2.45, 2.75) is 39.5 Å². The van der Waals surface area contributed by atoms with Gasteiger partial charge in [0, 0.05) is 17.2 Å². The van der Waals surface area contributed by atoms with Gasteiger partial charge in [-0.3, -0.25) is 0 Å². The van der Waals surface area contributed by atoms with Crippen LogP contribution in [0.1, 0.15) is 35.1 Å². The lowest BCUT2D eigenvalue weighted by Gasteiger charge is -2.18. The lowest BCUT2D eigenvalue weighted by molar-refractivity contribution is -0.660. The molecule has 3 rings (SSSR count). The number of hydrogen-bond acceptors (Lipinski definition) is 0. The van der Waals surface area contributed by atoms with Gasteiger partial charge in [0.25, 0.3) is 0 Å². The maximum absolute atomic E-state index is 2.31. The quantitative estimate of drug-likeness (QED) is 0.682. The molecule has 1 heteroatoms. The Morgan fingerprint density at radius 3 is 2.58 bits per heavy atom. The normalized spacial score (nSPS) is 14.3. The summed E-state index contributed by atoms with van der Waals surface area (Å²) in [5.41, 5.74) is 8.67. The lowest BCUT2D eigenvalue weighted by Crippen LogP contribution is -2.33. The standard InChI is InChI=1S/C18H22N/c1-13-8-9-16(14(2)12-13)18-17-7-5-4-6-15(17)10-11-19(18)3/h8-12H,4-7H2,1-3H3/q+1. The SMILES string of the molecule is Cc1ccc(-c2c3c(cc[n+]2C)CCCC3)c(C)c1. The fourth-order valence-electron chi connectivity index (χ4n) is 3.30. The molecule has 1 nitrogen and oxygen atoms in total. The number of fused-ring (bicyclic) bond motifs is 1. The fraction of sp³-hybridized carbons (Fsp3) is 0.389. The second-order valence-corrected chi connectivity index (χ2v) is 5.80. The van der Waals surface area contributed by atoms with Crippen molar-refractivity contribution in [2.75, 3.05) is 0 Å². The maximum atomic E-state index is 2.31. The second kappa shape index (κ2) is 4.80. The van der Waals surface area contributed by atoms with E-state index in [-0.39, 0.29) is 0 Å². The molecule has 0 radical (unpaired) electrons. The highest BCUT2D eigenvalue weighted by atomic mass is 14.9. The zero-order valence-electron chi connectivity index (χ0n) is 12.2. The zero-order valence-corrected chi connectivity index (χ0v) is 12.2. The van der Waals surface area contributed by atoms with Crippen LogP contribution in [0, 0.1) is 13.8 Å². The van der Waals surface area contributed by atoms with E-state index in [0.717, 1.165) is 0 Å². The highest BCUT2D eigenvalue weighted by Gasteiger charge is 2.23. The molecule has 1 aromatic carbocycles. The van der Waals surface area contributed by atoms with Gasteiger partial charge in [0.05, 0.1) is 0 Å². The summed E-state index contributed by atoms with van der Waals surface area (Å²) < 4.78 is 2.29. The predicted octanol–water partition coefficient (Wildman–Crippen LogP) is 3.67. The topological polar surface area (TPSA) is 3.88 Å². The van der Waals surface area contributed by atoms with Crippen LogP contribution in [0.3, 0.4) is 0 Å². The first-order valence-electron chi connectivity index (χ1n) is 7.25. The van der Waals surface area contributed by atoms with Crippen molar-refractivity contribution < 1.29 is 4.57 Å². The smallest absolute Gasteiger partial charge is 0.201 e. The van der Waals surface area contributed by atoms with Crippen molar-refractivity contribution in [3.63, 3.8) is 0 Å². The minimum absolute atomic E-state index is 1.23. The molecule has 0 atom stereocenters. The molecular formula is C18H22N+. The fourth-order valence-corrected chi connectivity index (χ4v) is 3.30. The van der Waals surface area contributed by atoms with Crippen LogP contribution in [0.25, 0.3) is 11.3 Å². The van der Waals surface area contributed by atoms with Gasteiger partial charge in [-0.1, -0.05) is 17.7 Å². The number of pyridine rings is 1. The van der Waals surface area contributed by atoms with Crippen molar-refractivity contribution >= 4 is 0 Å². The average molecular weight is 252 g/mol. The molecule has 1 aromatic heterocycles. The number of nitrogens with zero attached hydrogens (tertiary/aromatic N) is 1. The monoisotopic (exact) mass is 252 g/mol. The van der Waals surface area contributed by atoms with Crippen LogP contribution in [0.2, 0.25) is 0 Å². The molecule has 2 aromatic rings. The van der Waals surface area contributed by atoms with Gasteiger partial charge in [-0.25, -0.2) is 4.57 Å². The van der Waals surface area contributed by atoms with Gasteiger partial charge in [0.1, 0.15) is 7.05 Å². The van der Waals surface area contributed by atoms with Crippen molar-refractivity contribution in [3.05, 3.63) is 52.7 Å². The van der Waals surface area contributed by atoms with Crippen LogP contribution in [0.15, 0.2) is 30.5 Å². The average Bonchev–Trinajstić information content (AvgIpc) is 2.40. The van der Waals surface area contributed by atoms with Crippen LogP contribution in [-0.4, -0.2) is 0 Å². The van der Waals surface area contributed by atoms with E-state index in [4.69, 9.17) is 0 Å². The molecule has 0 N–H and O–H groups in total. The summed E-state index contributed by atoms with van der Waals surface area (Å²) in [6.45, 7) is 4.39. The molecule has 0 unspecified atom stereocenters. The Balaban J connectivity index is 2.24. The zero-order chi connectivity index (χ0) is 13.4. The second-order valence-electron chi connectivity index (χ2n) is 5.80. The van der Waals surface area contributed by atoms with Gasteiger partial charge >= 0.3 is 0 Å². The molecule has 0 saturated heterocycles. The van der Waals surface area contributed by atoms with E-state index >= 15 is 0 Å². The molecule has 1 aliphatic carbocycles. The van der Waals surface area contributed by atoms with Crippen molar-refractivity contribution in [2.24, 2.45) is 7.05 Å². The van der Waals surface area contributed by atoms with Crippen LogP contribution < -0.4 is 4.57 Å². The summed E-state index contributed by atoms with van der Waals surface area (Å²) >= 11 is 0. The van der Waals surface area contributed by atoms with E-state index in [1.807, 2.05) is 0 Å². The summed E-state index contributed by atoms with van der Waals surface area (Å²) in [5.74, 6) is 0. The third-order valence-electron chi connectivity index (χ3n) is 4.29. The Morgan fingerprint density at radius 2 is 1.79 bits per heavy atom. The highest BCUT2D eigenvalue weighted by molar-refractivity contribution is 5.66. The number of rotatable bonds is 1. The van der Waals surface area contributed by atoms with Crippen molar-refractivity contribution in [1.82, 2.24) is 0 Å². The van der Waals surface area contributed by atoms with Crippen LogP contribution in [-0.2, 0) is 19.9 Å².